The maximum atomic E-state index is 13.4. The third-order valence-corrected chi connectivity index (χ3v) is 5.57. The van der Waals surface area contributed by atoms with Crippen LogP contribution < -0.4 is 10.1 Å². The first-order chi connectivity index (χ1) is 15.4. The fraction of sp³-hybridized carbons (Fsp3) is 0.136. The highest BCUT2D eigenvalue weighted by Crippen LogP contribution is 2.24. The van der Waals surface area contributed by atoms with Crippen LogP contribution in [-0.2, 0) is 13.2 Å². The van der Waals surface area contributed by atoms with E-state index in [-0.39, 0.29) is 12.3 Å². The molecule has 0 saturated heterocycles. The Kier molecular flexibility index (Phi) is 6.57. The number of aromatic nitrogens is 3. The van der Waals surface area contributed by atoms with E-state index in [9.17, 15) is 9.18 Å². The highest BCUT2D eigenvalue weighted by atomic mass is 79.9. The van der Waals surface area contributed by atoms with Gasteiger partial charge in [0.1, 0.15) is 23.9 Å². The molecule has 1 N–H and O–H groups in total. The first-order valence-electron chi connectivity index (χ1n) is 9.52. The lowest BCUT2D eigenvalue weighted by Gasteiger charge is -2.07. The summed E-state index contributed by atoms with van der Waals surface area (Å²) in [6, 6.07) is 13.2. The molecule has 4 aromatic rings. The fourth-order valence-electron chi connectivity index (χ4n) is 2.98. The lowest BCUT2D eigenvalue weighted by Crippen LogP contribution is -2.16. The molecule has 0 unspecified atom stereocenters. The smallest absolute Gasteiger partial charge is 0.279 e. The first-order valence-corrected chi connectivity index (χ1v) is 10.7. The second-order valence-electron chi connectivity index (χ2n) is 6.88. The summed E-state index contributed by atoms with van der Waals surface area (Å²) in [5, 5.41) is 11.6. The van der Waals surface area contributed by atoms with Crippen molar-refractivity contribution in [2.45, 2.75) is 20.1 Å². The van der Waals surface area contributed by atoms with E-state index in [1.54, 1.807) is 29.9 Å². The van der Waals surface area contributed by atoms with E-state index in [0.29, 0.717) is 38.9 Å². The number of anilines is 1. The van der Waals surface area contributed by atoms with Gasteiger partial charge in [-0.25, -0.2) is 4.39 Å². The number of carbonyl (C=O) groups excluding carboxylic acids is 1. The van der Waals surface area contributed by atoms with E-state index >= 15 is 0 Å². The van der Waals surface area contributed by atoms with Crippen molar-refractivity contribution in [3.63, 3.8) is 0 Å². The Balaban J connectivity index is 1.48. The van der Waals surface area contributed by atoms with Gasteiger partial charge < -0.3 is 14.6 Å². The zero-order valence-corrected chi connectivity index (χ0v) is 19.2. The van der Waals surface area contributed by atoms with Gasteiger partial charge in [0.25, 0.3) is 5.91 Å². The van der Waals surface area contributed by atoms with Crippen molar-refractivity contribution < 1.29 is 18.4 Å². The number of aryl methyl sites for hydroxylation is 1. The van der Waals surface area contributed by atoms with Gasteiger partial charge in [-0.3, -0.25) is 9.48 Å². The lowest BCUT2D eigenvalue weighted by molar-refractivity contribution is 0.101. The highest BCUT2D eigenvalue weighted by Gasteiger charge is 2.22. The number of nitrogens with zero attached hydrogens (tertiary/aromatic N) is 3. The van der Waals surface area contributed by atoms with Crippen molar-refractivity contribution >= 4 is 39.3 Å². The van der Waals surface area contributed by atoms with Crippen LogP contribution in [0, 0.1) is 12.7 Å². The van der Waals surface area contributed by atoms with E-state index in [1.165, 1.54) is 18.2 Å². The molecule has 1 amide bonds. The van der Waals surface area contributed by atoms with Crippen molar-refractivity contribution in [2.75, 3.05) is 5.32 Å². The van der Waals surface area contributed by atoms with Crippen LogP contribution in [0.3, 0.4) is 0 Å². The van der Waals surface area contributed by atoms with Crippen molar-refractivity contribution in [3.8, 4) is 5.75 Å². The summed E-state index contributed by atoms with van der Waals surface area (Å²) in [4.78, 5) is 12.8. The number of amides is 1. The quantitative estimate of drug-likeness (QED) is 0.343. The number of rotatable bonds is 7. The van der Waals surface area contributed by atoms with Crippen LogP contribution in [0.15, 0.2) is 63.7 Å². The maximum absolute atomic E-state index is 13.4. The Morgan fingerprint density at radius 3 is 2.88 bits per heavy atom. The average molecular weight is 520 g/mol. The zero-order valence-electron chi connectivity index (χ0n) is 16.8. The van der Waals surface area contributed by atoms with Crippen LogP contribution in [0.25, 0.3) is 0 Å². The normalized spacial score (nSPS) is 10.9. The lowest BCUT2D eigenvalue weighted by atomic mass is 10.2. The van der Waals surface area contributed by atoms with Gasteiger partial charge >= 0.3 is 0 Å². The Bertz CT molecular complexity index is 1270. The molecule has 32 heavy (non-hydrogen) atoms. The number of ether oxygens (including phenoxy) is 1. The van der Waals surface area contributed by atoms with Crippen LogP contribution >= 0.6 is 27.5 Å². The number of hydrogen-bond donors (Lipinski definition) is 1. The molecule has 0 saturated carbocycles. The van der Waals surface area contributed by atoms with Crippen LogP contribution in [0.4, 0.5) is 10.2 Å². The van der Waals surface area contributed by atoms with Gasteiger partial charge in [-0.1, -0.05) is 41.0 Å². The standard InChI is InChI=1S/C22H17BrClFN4O3/c1-13-17(12-31-16-7-4-6-15(25)9-16)20(28-32-13)22(30)26-21-18(23)11-29(27-21)10-14-5-2-3-8-19(14)24/h2-9,11H,10,12H2,1H3,(H,26,27,30). The molecule has 164 valence electrons. The molecule has 2 heterocycles. The topological polar surface area (TPSA) is 82.2 Å². The largest absolute Gasteiger partial charge is 0.489 e. The van der Waals surface area contributed by atoms with Crippen LogP contribution in [0.2, 0.25) is 5.02 Å². The summed E-state index contributed by atoms with van der Waals surface area (Å²) in [7, 11) is 0. The minimum absolute atomic E-state index is 0.0103. The molecule has 0 aliphatic rings. The van der Waals surface area contributed by atoms with E-state index in [4.69, 9.17) is 20.9 Å². The van der Waals surface area contributed by atoms with Gasteiger partial charge in [-0.2, -0.15) is 5.10 Å². The Labute approximate surface area is 196 Å². The second kappa shape index (κ2) is 9.54. The second-order valence-corrected chi connectivity index (χ2v) is 8.14. The van der Waals surface area contributed by atoms with E-state index < -0.39 is 11.7 Å². The minimum atomic E-state index is -0.511. The van der Waals surface area contributed by atoms with E-state index in [2.05, 4.69) is 31.5 Å². The summed E-state index contributed by atoms with van der Waals surface area (Å²) in [5.74, 6) is 0.149. The summed E-state index contributed by atoms with van der Waals surface area (Å²) >= 11 is 9.62. The third-order valence-electron chi connectivity index (χ3n) is 4.62. The van der Waals surface area contributed by atoms with Gasteiger partial charge in [0.2, 0.25) is 0 Å². The van der Waals surface area contributed by atoms with Crippen LogP contribution in [0.5, 0.6) is 5.75 Å². The molecule has 0 radical (unpaired) electrons. The molecular formula is C22H17BrClFN4O3. The summed E-state index contributed by atoms with van der Waals surface area (Å²) in [5.41, 5.74) is 1.41. The Hall–Kier alpha value is -3.17. The van der Waals surface area contributed by atoms with E-state index in [0.717, 1.165) is 5.56 Å². The molecule has 0 fully saturated rings. The third kappa shape index (κ3) is 5.00. The molecule has 2 aromatic heterocycles. The SMILES string of the molecule is Cc1onc(C(=O)Nc2nn(Cc3ccccc3Cl)cc2Br)c1COc1cccc(F)c1. The van der Waals surface area contributed by atoms with Crippen molar-refractivity contribution in [2.24, 2.45) is 0 Å². The predicted octanol–water partition coefficient (Wildman–Crippen LogP) is 5.61. The number of halogens is 3. The summed E-state index contributed by atoms with van der Waals surface area (Å²) in [6.07, 6.45) is 1.74. The van der Waals surface area contributed by atoms with E-state index in [1.807, 2.05) is 18.2 Å². The van der Waals surface area contributed by atoms with Crippen molar-refractivity contribution in [1.29, 1.82) is 0 Å². The fourth-order valence-corrected chi connectivity index (χ4v) is 3.59. The van der Waals surface area contributed by atoms with Gasteiger partial charge in [0.15, 0.2) is 11.5 Å². The van der Waals surface area contributed by atoms with Crippen molar-refractivity contribution in [1.82, 2.24) is 14.9 Å². The Morgan fingerprint density at radius 1 is 1.28 bits per heavy atom. The van der Waals surface area contributed by atoms with Crippen LogP contribution in [-0.4, -0.2) is 20.8 Å². The molecule has 2 aromatic carbocycles. The summed E-state index contributed by atoms with van der Waals surface area (Å²) < 4.78 is 26.4. The van der Waals surface area contributed by atoms with Gasteiger partial charge in [0, 0.05) is 17.3 Å². The van der Waals surface area contributed by atoms with Gasteiger partial charge in [-0.15, -0.1) is 0 Å². The molecule has 0 aliphatic carbocycles. The molecule has 0 atom stereocenters. The van der Waals surface area contributed by atoms with Crippen molar-refractivity contribution in [3.05, 3.63) is 92.6 Å². The number of benzene rings is 2. The monoisotopic (exact) mass is 518 g/mol. The number of carbonyl (C=O) groups is 1. The Morgan fingerprint density at radius 2 is 2.09 bits per heavy atom. The number of nitrogens with one attached hydrogen (secondary N) is 1. The maximum Gasteiger partial charge on any atom is 0.279 e. The molecule has 10 heteroatoms. The predicted molar refractivity (Wildman–Crippen MR) is 120 cm³/mol. The molecule has 0 bridgehead atoms. The number of hydrogen-bond acceptors (Lipinski definition) is 5. The average Bonchev–Trinajstić information content (AvgIpc) is 3.30. The molecule has 0 aliphatic heterocycles. The zero-order chi connectivity index (χ0) is 22.7. The molecule has 7 nitrogen and oxygen atoms in total. The van der Waals surface area contributed by atoms with Gasteiger partial charge in [-0.05, 0) is 46.6 Å². The first kappa shape index (κ1) is 22.0. The minimum Gasteiger partial charge on any atom is -0.489 e. The molecular weight excluding hydrogens is 503 g/mol. The molecule has 0 spiro atoms. The van der Waals surface area contributed by atoms with Crippen LogP contribution in [0.1, 0.15) is 27.4 Å². The van der Waals surface area contributed by atoms with Gasteiger partial charge in [0.05, 0.1) is 16.6 Å². The summed E-state index contributed by atoms with van der Waals surface area (Å²) in [6.45, 7) is 2.09. The highest BCUT2D eigenvalue weighted by molar-refractivity contribution is 9.10. The molecule has 4 rings (SSSR count).